The van der Waals surface area contributed by atoms with Gasteiger partial charge in [0, 0.05) is 13.1 Å². The first-order valence-corrected chi connectivity index (χ1v) is 5.83. The Balaban J connectivity index is 0. The van der Waals surface area contributed by atoms with Gasteiger partial charge in [0.25, 0.3) is 0 Å². The van der Waals surface area contributed by atoms with E-state index >= 15 is 0 Å². The summed E-state index contributed by atoms with van der Waals surface area (Å²) in [5.41, 5.74) is 4.21. The molecule has 1 heteroatoms. The zero-order valence-electron chi connectivity index (χ0n) is 10.8. The van der Waals surface area contributed by atoms with Gasteiger partial charge in [-0.3, -0.25) is 0 Å². The summed E-state index contributed by atoms with van der Waals surface area (Å²) in [7, 11) is 0. The predicted molar refractivity (Wildman–Crippen MR) is 67.7 cm³/mol. The predicted octanol–water partition coefficient (Wildman–Crippen LogP) is 3.92. The Morgan fingerprint density at radius 2 is 1.71 bits per heavy atom. The molecule has 0 saturated heterocycles. The maximum atomic E-state index is 3.94. The van der Waals surface area contributed by atoms with E-state index in [1.54, 1.807) is 0 Å². The van der Waals surface area contributed by atoms with Crippen LogP contribution >= 0.6 is 0 Å². The van der Waals surface area contributed by atoms with Crippen LogP contribution in [-0.4, -0.2) is 13.1 Å². The molecule has 1 N–H and O–H groups in total. The van der Waals surface area contributed by atoms with Gasteiger partial charge < -0.3 is 5.32 Å². The summed E-state index contributed by atoms with van der Waals surface area (Å²) < 4.78 is 0. The third-order valence-electron chi connectivity index (χ3n) is 2.01. The molecule has 1 aliphatic rings. The van der Waals surface area contributed by atoms with Crippen LogP contribution in [0.5, 0.6) is 0 Å². The van der Waals surface area contributed by atoms with E-state index in [1.165, 1.54) is 16.7 Å². The van der Waals surface area contributed by atoms with Crippen LogP contribution in [-0.2, 0) is 0 Å². The molecule has 0 fully saturated rings. The maximum absolute atomic E-state index is 3.94. The van der Waals surface area contributed by atoms with E-state index in [4.69, 9.17) is 0 Å². The highest BCUT2D eigenvalue weighted by Crippen LogP contribution is 2.18. The summed E-state index contributed by atoms with van der Waals surface area (Å²) in [6.07, 6.45) is 1.16. The van der Waals surface area contributed by atoms with Gasteiger partial charge in [0.05, 0.1) is 0 Å². The summed E-state index contributed by atoms with van der Waals surface area (Å²) in [6, 6.07) is 0. The Labute approximate surface area is 90.3 Å². The van der Waals surface area contributed by atoms with E-state index in [-0.39, 0.29) is 0 Å². The highest BCUT2D eigenvalue weighted by Gasteiger charge is 2.11. The zero-order chi connectivity index (χ0) is 11.6. The molecular weight excluding hydrogens is 170 g/mol. The average Bonchev–Trinajstić information content (AvgIpc) is 2.71. The van der Waals surface area contributed by atoms with E-state index < -0.39 is 0 Å². The normalized spacial score (nSPS) is 13.9. The van der Waals surface area contributed by atoms with Crippen LogP contribution in [0.25, 0.3) is 0 Å². The van der Waals surface area contributed by atoms with Crippen LogP contribution in [0.3, 0.4) is 0 Å². The lowest BCUT2D eigenvalue weighted by atomic mass is 10.0. The monoisotopic (exact) mass is 197 g/mol. The van der Waals surface area contributed by atoms with E-state index in [2.05, 4.69) is 25.7 Å². The van der Waals surface area contributed by atoms with E-state index in [0.717, 1.165) is 19.5 Å². The lowest BCUT2D eigenvalue weighted by molar-refractivity contribution is 0.851. The first-order valence-electron chi connectivity index (χ1n) is 5.83. The average molecular weight is 197 g/mol. The SMILES string of the molecule is C=C(C)C1=C(CC)CNC1.CC.CC. The maximum Gasteiger partial charge on any atom is 0.0211 e. The van der Waals surface area contributed by atoms with Crippen molar-refractivity contribution >= 4 is 0 Å². The highest BCUT2D eigenvalue weighted by atomic mass is 14.9. The van der Waals surface area contributed by atoms with Crippen molar-refractivity contribution in [1.29, 1.82) is 0 Å². The summed E-state index contributed by atoms with van der Waals surface area (Å²) in [4.78, 5) is 0. The molecule has 1 rings (SSSR count). The van der Waals surface area contributed by atoms with Gasteiger partial charge in [-0.25, -0.2) is 0 Å². The molecule has 1 heterocycles. The van der Waals surface area contributed by atoms with Gasteiger partial charge in [-0.15, -0.1) is 0 Å². The molecule has 0 bridgehead atoms. The molecule has 0 aromatic heterocycles. The Kier molecular flexibility index (Phi) is 11.9. The summed E-state index contributed by atoms with van der Waals surface area (Å²) in [5, 5.41) is 3.32. The van der Waals surface area contributed by atoms with Crippen LogP contribution < -0.4 is 5.32 Å². The van der Waals surface area contributed by atoms with Crippen LogP contribution in [0.2, 0.25) is 0 Å². The van der Waals surface area contributed by atoms with Crippen molar-refractivity contribution in [2.45, 2.75) is 48.0 Å². The van der Waals surface area contributed by atoms with Crippen molar-refractivity contribution in [1.82, 2.24) is 5.32 Å². The minimum absolute atomic E-state index is 1.03. The van der Waals surface area contributed by atoms with Crippen molar-refractivity contribution in [2.75, 3.05) is 13.1 Å². The Bertz CT molecular complexity index is 178. The Hall–Kier alpha value is -0.560. The van der Waals surface area contributed by atoms with Gasteiger partial charge in [-0.05, 0) is 18.9 Å². The van der Waals surface area contributed by atoms with Crippen LogP contribution in [0.1, 0.15) is 48.0 Å². The second-order valence-electron chi connectivity index (χ2n) is 2.82. The lowest BCUT2D eigenvalue weighted by Gasteiger charge is -2.01. The molecule has 0 spiro atoms. The van der Waals surface area contributed by atoms with Crippen molar-refractivity contribution < 1.29 is 0 Å². The van der Waals surface area contributed by atoms with Crippen molar-refractivity contribution in [2.24, 2.45) is 0 Å². The second-order valence-corrected chi connectivity index (χ2v) is 2.82. The second kappa shape index (κ2) is 10.5. The molecule has 1 nitrogen and oxygen atoms in total. The molecule has 1 aliphatic heterocycles. The number of hydrogen-bond donors (Lipinski definition) is 1. The van der Waals surface area contributed by atoms with Crippen molar-refractivity contribution in [3.8, 4) is 0 Å². The van der Waals surface area contributed by atoms with Gasteiger partial charge in [0.15, 0.2) is 0 Å². The molecule has 0 saturated carbocycles. The van der Waals surface area contributed by atoms with Gasteiger partial charge >= 0.3 is 0 Å². The van der Waals surface area contributed by atoms with Gasteiger partial charge in [0.1, 0.15) is 0 Å². The fourth-order valence-electron chi connectivity index (χ4n) is 1.36. The van der Waals surface area contributed by atoms with Gasteiger partial charge in [-0.2, -0.15) is 0 Å². The third-order valence-corrected chi connectivity index (χ3v) is 2.01. The Morgan fingerprint density at radius 3 is 2.00 bits per heavy atom. The zero-order valence-corrected chi connectivity index (χ0v) is 10.8. The molecule has 14 heavy (non-hydrogen) atoms. The molecule has 0 radical (unpaired) electrons. The highest BCUT2D eigenvalue weighted by molar-refractivity contribution is 5.36. The quantitative estimate of drug-likeness (QED) is 0.707. The number of hydrogen-bond acceptors (Lipinski definition) is 1. The van der Waals surface area contributed by atoms with E-state index in [9.17, 15) is 0 Å². The molecule has 0 amide bonds. The van der Waals surface area contributed by atoms with Crippen LogP contribution in [0.15, 0.2) is 23.3 Å². The molecule has 84 valence electrons. The van der Waals surface area contributed by atoms with Gasteiger partial charge in [-0.1, -0.05) is 52.3 Å². The fourth-order valence-corrected chi connectivity index (χ4v) is 1.36. The van der Waals surface area contributed by atoms with Crippen LogP contribution in [0.4, 0.5) is 0 Å². The topological polar surface area (TPSA) is 12.0 Å². The van der Waals surface area contributed by atoms with E-state index in [0.29, 0.717) is 0 Å². The standard InChI is InChI=1S/C9H15N.2C2H6/c1-4-8-5-10-6-9(8)7(2)3;2*1-2/h10H,2,4-6H2,1,3H3;2*1-2H3. The lowest BCUT2D eigenvalue weighted by Crippen LogP contribution is -2.08. The molecule has 0 aliphatic carbocycles. The minimum Gasteiger partial charge on any atom is -0.309 e. The van der Waals surface area contributed by atoms with Crippen molar-refractivity contribution in [3.05, 3.63) is 23.3 Å². The number of rotatable bonds is 2. The van der Waals surface area contributed by atoms with Crippen LogP contribution in [0, 0.1) is 0 Å². The largest absolute Gasteiger partial charge is 0.309 e. The molecular formula is C13H27N. The summed E-state index contributed by atoms with van der Waals surface area (Å²) >= 11 is 0. The number of nitrogens with one attached hydrogen (secondary N) is 1. The fraction of sp³-hybridized carbons (Fsp3) is 0.692. The smallest absolute Gasteiger partial charge is 0.0211 e. The third kappa shape index (κ3) is 5.23. The minimum atomic E-state index is 1.03. The molecule has 0 aromatic rings. The molecule has 0 atom stereocenters. The van der Waals surface area contributed by atoms with Crippen molar-refractivity contribution in [3.63, 3.8) is 0 Å². The molecule has 0 aromatic carbocycles. The first-order chi connectivity index (χ1) is 6.75. The van der Waals surface area contributed by atoms with E-state index in [1.807, 2.05) is 27.7 Å². The first kappa shape index (κ1) is 15.9. The molecule has 0 unspecified atom stereocenters. The summed E-state index contributed by atoms with van der Waals surface area (Å²) in [6.45, 7) is 18.3. The summed E-state index contributed by atoms with van der Waals surface area (Å²) in [5.74, 6) is 0. The van der Waals surface area contributed by atoms with Gasteiger partial charge in [0.2, 0.25) is 0 Å². The Morgan fingerprint density at radius 1 is 1.21 bits per heavy atom.